The lowest BCUT2D eigenvalue weighted by molar-refractivity contribution is -0.124. The van der Waals surface area contributed by atoms with Crippen LogP contribution in [0.15, 0.2) is 23.8 Å². The van der Waals surface area contributed by atoms with Gasteiger partial charge in [0.25, 0.3) is 5.91 Å². The van der Waals surface area contributed by atoms with Crippen molar-refractivity contribution in [1.29, 1.82) is 5.26 Å². The maximum absolute atomic E-state index is 11.6. The van der Waals surface area contributed by atoms with Gasteiger partial charge in [-0.25, -0.2) is 0 Å². The predicted octanol–water partition coefficient (Wildman–Crippen LogP) is 1.40. The fourth-order valence-electron chi connectivity index (χ4n) is 1.35. The number of carbonyl (C=O) groups excluding carboxylic acids is 1. The molecule has 0 fully saturated rings. The maximum atomic E-state index is 11.6. The van der Waals surface area contributed by atoms with Crippen molar-refractivity contribution < 1.29 is 14.6 Å². The molecule has 1 rings (SSSR count). The Hall–Kier alpha value is -2.48. The van der Waals surface area contributed by atoms with Gasteiger partial charge in [-0.2, -0.15) is 5.26 Å². The normalized spacial score (nSPS) is 10.7. The summed E-state index contributed by atoms with van der Waals surface area (Å²) in [4.78, 5) is 13.0. The third-order valence-electron chi connectivity index (χ3n) is 2.27. The molecule has 5 nitrogen and oxygen atoms in total. The quantitative estimate of drug-likeness (QED) is 0.646. The second kappa shape index (κ2) is 5.73. The first-order valence-electron chi connectivity index (χ1n) is 5.20. The summed E-state index contributed by atoms with van der Waals surface area (Å²) in [6, 6.07) is 6.48. The van der Waals surface area contributed by atoms with E-state index in [0.717, 1.165) is 0 Å². The molecule has 0 saturated heterocycles. The van der Waals surface area contributed by atoms with Gasteiger partial charge in [0.1, 0.15) is 11.6 Å². The molecule has 5 heteroatoms. The van der Waals surface area contributed by atoms with Crippen LogP contribution in [0.25, 0.3) is 6.08 Å². The SMILES string of the molecule is COc1ccc(/C=C(/C#N)C(=O)N(C)C)cc1O. The van der Waals surface area contributed by atoms with Gasteiger partial charge in [0.05, 0.1) is 7.11 Å². The van der Waals surface area contributed by atoms with E-state index in [1.54, 1.807) is 26.2 Å². The Morgan fingerprint density at radius 3 is 2.61 bits per heavy atom. The number of rotatable bonds is 3. The molecule has 0 aliphatic rings. The standard InChI is InChI=1S/C13H14N2O3/c1-15(2)13(17)10(8-14)6-9-4-5-12(18-3)11(16)7-9/h4-7,16H,1-3H3/b10-6-. The van der Waals surface area contributed by atoms with E-state index >= 15 is 0 Å². The van der Waals surface area contributed by atoms with Crippen molar-refractivity contribution in [3.63, 3.8) is 0 Å². The van der Waals surface area contributed by atoms with Gasteiger partial charge in [0.2, 0.25) is 0 Å². The molecular formula is C13H14N2O3. The summed E-state index contributed by atoms with van der Waals surface area (Å²) in [6.07, 6.45) is 1.42. The van der Waals surface area contributed by atoms with Crippen LogP contribution in [-0.4, -0.2) is 37.1 Å². The topological polar surface area (TPSA) is 73.6 Å². The number of nitrogens with zero attached hydrogens (tertiary/aromatic N) is 2. The van der Waals surface area contributed by atoms with Gasteiger partial charge in [-0.1, -0.05) is 6.07 Å². The summed E-state index contributed by atoms with van der Waals surface area (Å²) in [5, 5.41) is 18.5. The molecule has 0 aromatic heterocycles. The maximum Gasteiger partial charge on any atom is 0.264 e. The number of nitriles is 1. The van der Waals surface area contributed by atoms with Crippen LogP contribution >= 0.6 is 0 Å². The van der Waals surface area contributed by atoms with Crippen LogP contribution in [0.4, 0.5) is 0 Å². The molecule has 0 atom stereocenters. The molecule has 0 heterocycles. The van der Waals surface area contributed by atoms with E-state index in [4.69, 9.17) is 10.00 Å². The Balaban J connectivity index is 3.12. The largest absolute Gasteiger partial charge is 0.504 e. The van der Waals surface area contributed by atoms with Crippen LogP contribution in [0.3, 0.4) is 0 Å². The van der Waals surface area contributed by atoms with Crippen molar-refractivity contribution in [2.24, 2.45) is 0 Å². The Labute approximate surface area is 106 Å². The number of amides is 1. The lowest BCUT2D eigenvalue weighted by Crippen LogP contribution is -2.22. The zero-order valence-corrected chi connectivity index (χ0v) is 10.5. The van der Waals surface area contributed by atoms with E-state index < -0.39 is 0 Å². The predicted molar refractivity (Wildman–Crippen MR) is 66.9 cm³/mol. The lowest BCUT2D eigenvalue weighted by Gasteiger charge is -2.09. The highest BCUT2D eigenvalue weighted by atomic mass is 16.5. The number of ether oxygens (including phenoxy) is 1. The molecular weight excluding hydrogens is 232 g/mol. The highest BCUT2D eigenvalue weighted by Gasteiger charge is 2.11. The minimum Gasteiger partial charge on any atom is -0.504 e. The first-order chi connectivity index (χ1) is 8.49. The average molecular weight is 246 g/mol. The summed E-state index contributed by atoms with van der Waals surface area (Å²) in [5.41, 5.74) is 0.560. The molecule has 1 amide bonds. The molecule has 1 aromatic carbocycles. The number of aromatic hydroxyl groups is 1. The third-order valence-corrected chi connectivity index (χ3v) is 2.27. The molecule has 0 bridgehead atoms. The second-order valence-electron chi connectivity index (χ2n) is 3.80. The van der Waals surface area contributed by atoms with Crippen LogP contribution in [0.5, 0.6) is 11.5 Å². The highest BCUT2D eigenvalue weighted by molar-refractivity contribution is 6.01. The van der Waals surface area contributed by atoms with Crippen LogP contribution in [0.1, 0.15) is 5.56 Å². The van der Waals surface area contributed by atoms with E-state index in [9.17, 15) is 9.90 Å². The number of carbonyl (C=O) groups is 1. The van der Waals surface area contributed by atoms with Gasteiger partial charge in [0.15, 0.2) is 11.5 Å². The molecule has 18 heavy (non-hydrogen) atoms. The summed E-state index contributed by atoms with van der Waals surface area (Å²) in [5.74, 6) is -0.0850. The van der Waals surface area contributed by atoms with Crippen molar-refractivity contribution >= 4 is 12.0 Å². The fourth-order valence-corrected chi connectivity index (χ4v) is 1.35. The summed E-state index contributed by atoms with van der Waals surface area (Å²) in [7, 11) is 4.58. The first-order valence-corrected chi connectivity index (χ1v) is 5.20. The molecule has 94 valence electrons. The van der Waals surface area contributed by atoms with E-state index in [-0.39, 0.29) is 17.2 Å². The zero-order chi connectivity index (χ0) is 13.7. The van der Waals surface area contributed by atoms with Gasteiger partial charge in [-0.3, -0.25) is 4.79 Å². The number of methoxy groups -OCH3 is 1. The molecule has 0 saturated carbocycles. The Morgan fingerprint density at radius 1 is 1.50 bits per heavy atom. The Bertz CT molecular complexity index is 528. The number of hydrogen-bond donors (Lipinski definition) is 1. The summed E-state index contributed by atoms with van der Waals surface area (Å²) < 4.78 is 4.91. The first kappa shape index (κ1) is 13.6. The zero-order valence-electron chi connectivity index (χ0n) is 10.5. The highest BCUT2D eigenvalue weighted by Crippen LogP contribution is 2.27. The van der Waals surface area contributed by atoms with Crippen molar-refractivity contribution in [1.82, 2.24) is 4.90 Å². The van der Waals surface area contributed by atoms with Crippen LogP contribution in [0, 0.1) is 11.3 Å². The van der Waals surface area contributed by atoms with Gasteiger partial charge >= 0.3 is 0 Å². The van der Waals surface area contributed by atoms with Crippen molar-refractivity contribution in [2.45, 2.75) is 0 Å². The van der Waals surface area contributed by atoms with E-state index in [0.29, 0.717) is 11.3 Å². The number of hydrogen-bond acceptors (Lipinski definition) is 4. The third kappa shape index (κ3) is 3.01. The van der Waals surface area contributed by atoms with Crippen molar-refractivity contribution in [3.05, 3.63) is 29.3 Å². The van der Waals surface area contributed by atoms with E-state index in [1.165, 1.54) is 24.2 Å². The minimum atomic E-state index is -0.382. The van der Waals surface area contributed by atoms with Gasteiger partial charge in [-0.15, -0.1) is 0 Å². The Kier molecular flexibility index (Phi) is 4.33. The van der Waals surface area contributed by atoms with Gasteiger partial charge in [-0.05, 0) is 23.8 Å². The smallest absolute Gasteiger partial charge is 0.264 e. The molecule has 0 aliphatic carbocycles. The molecule has 0 spiro atoms. The van der Waals surface area contributed by atoms with E-state index in [1.807, 2.05) is 6.07 Å². The summed E-state index contributed by atoms with van der Waals surface area (Å²) >= 11 is 0. The molecule has 0 unspecified atom stereocenters. The van der Waals surface area contributed by atoms with Crippen molar-refractivity contribution in [2.75, 3.05) is 21.2 Å². The molecule has 1 aromatic rings. The molecule has 0 radical (unpaired) electrons. The second-order valence-corrected chi connectivity index (χ2v) is 3.80. The number of likely N-dealkylation sites (N-methyl/N-ethyl adjacent to an activating group) is 1. The van der Waals surface area contributed by atoms with Crippen LogP contribution in [-0.2, 0) is 4.79 Å². The van der Waals surface area contributed by atoms with Crippen LogP contribution < -0.4 is 4.74 Å². The number of benzene rings is 1. The monoisotopic (exact) mass is 246 g/mol. The molecule has 0 aliphatic heterocycles. The molecule has 1 N–H and O–H groups in total. The average Bonchev–Trinajstić information content (AvgIpc) is 2.35. The lowest BCUT2D eigenvalue weighted by atomic mass is 10.1. The number of phenolic OH excluding ortho intramolecular Hbond substituents is 1. The Morgan fingerprint density at radius 2 is 2.17 bits per heavy atom. The minimum absolute atomic E-state index is 0.00423. The van der Waals surface area contributed by atoms with Crippen molar-refractivity contribution in [3.8, 4) is 17.6 Å². The fraction of sp³-hybridized carbons (Fsp3) is 0.231. The van der Waals surface area contributed by atoms with Gasteiger partial charge in [0, 0.05) is 14.1 Å². The number of phenols is 1. The van der Waals surface area contributed by atoms with Gasteiger partial charge < -0.3 is 14.7 Å². The van der Waals surface area contributed by atoms with Crippen LogP contribution in [0.2, 0.25) is 0 Å². The van der Waals surface area contributed by atoms with E-state index in [2.05, 4.69) is 0 Å². The summed E-state index contributed by atoms with van der Waals surface area (Å²) in [6.45, 7) is 0.